The molecule has 0 amide bonds. The summed E-state index contributed by atoms with van der Waals surface area (Å²) in [6.07, 6.45) is 2.12. The molecule has 0 aliphatic heterocycles. The van der Waals surface area contributed by atoms with Crippen molar-refractivity contribution in [2.45, 2.75) is 24.0 Å². The van der Waals surface area contributed by atoms with E-state index in [1.165, 1.54) is 35.2 Å². The van der Waals surface area contributed by atoms with Gasteiger partial charge in [0, 0.05) is 0 Å². The SMILES string of the molecule is CSCC[C@@H](NS(=O)(=O)c1ccccc1)C(=O)OCc1nc2ccsc2c(=O)[nH]1. The Morgan fingerprint density at radius 2 is 2.07 bits per heavy atom. The quantitative estimate of drug-likeness (QED) is 0.477. The maximum absolute atomic E-state index is 12.6. The molecule has 0 aliphatic rings. The summed E-state index contributed by atoms with van der Waals surface area (Å²) >= 11 is 2.76. The topological polar surface area (TPSA) is 118 Å². The van der Waals surface area contributed by atoms with Crippen molar-refractivity contribution in [3.8, 4) is 0 Å². The number of fused-ring (bicyclic) bond motifs is 1. The monoisotopic (exact) mass is 453 g/mol. The van der Waals surface area contributed by atoms with Gasteiger partial charge >= 0.3 is 5.97 Å². The van der Waals surface area contributed by atoms with Crippen molar-refractivity contribution < 1.29 is 17.9 Å². The van der Waals surface area contributed by atoms with Crippen LogP contribution >= 0.6 is 23.1 Å². The second-order valence-electron chi connectivity index (χ2n) is 6.02. The largest absolute Gasteiger partial charge is 0.456 e. The second-order valence-corrected chi connectivity index (χ2v) is 9.64. The smallest absolute Gasteiger partial charge is 0.324 e. The molecule has 2 heterocycles. The summed E-state index contributed by atoms with van der Waals surface area (Å²) in [5, 5.41) is 1.75. The summed E-state index contributed by atoms with van der Waals surface area (Å²) in [5.74, 6) is 0.0305. The number of aromatic amines is 1. The summed E-state index contributed by atoms with van der Waals surface area (Å²) in [7, 11) is -3.88. The lowest BCUT2D eigenvalue weighted by Gasteiger charge is -2.17. The number of thiophene rings is 1. The zero-order valence-corrected chi connectivity index (χ0v) is 17.9. The third kappa shape index (κ3) is 5.44. The molecular formula is C18H19N3O5S3. The van der Waals surface area contributed by atoms with E-state index in [0.717, 1.165) is 0 Å². The molecule has 154 valence electrons. The van der Waals surface area contributed by atoms with Gasteiger partial charge in [0.2, 0.25) is 10.0 Å². The third-order valence-corrected chi connectivity index (χ3v) is 7.00. The van der Waals surface area contributed by atoms with Gasteiger partial charge in [-0.3, -0.25) is 9.59 Å². The normalized spacial score (nSPS) is 12.7. The van der Waals surface area contributed by atoms with Crippen molar-refractivity contribution in [2.24, 2.45) is 0 Å². The number of benzene rings is 1. The van der Waals surface area contributed by atoms with Gasteiger partial charge in [0.25, 0.3) is 5.56 Å². The minimum Gasteiger partial charge on any atom is -0.456 e. The third-order valence-electron chi connectivity index (χ3n) is 3.96. The van der Waals surface area contributed by atoms with Crippen LogP contribution in [0.25, 0.3) is 10.2 Å². The number of nitrogens with zero attached hydrogens (tertiary/aromatic N) is 1. The molecule has 0 radical (unpaired) electrons. The average molecular weight is 454 g/mol. The van der Waals surface area contributed by atoms with Crippen molar-refractivity contribution in [1.29, 1.82) is 0 Å². The standard InChI is InChI=1S/C18H19N3O5S3/c1-27-9-7-14(21-29(24,25)12-5-3-2-4-6-12)18(23)26-11-15-19-13-8-10-28-16(13)17(22)20-15/h2-6,8,10,14,21H,7,9,11H2,1H3,(H,19,20,22)/t14-/m1/s1. The molecule has 8 nitrogen and oxygen atoms in total. The number of aromatic nitrogens is 2. The van der Waals surface area contributed by atoms with Gasteiger partial charge in [-0.1, -0.05) is 18.2 Å². The second kappa shape index (κ2) is 9.53. The van der Waals surface area contributed by atoms with Gasteiger partial charge in [-0.05, 0) is 42.0 Å². The molecule has 0 bridgehead atoms. The van der Waals surface area contributed by atoms with Gasteiger partial charge in [-0.2, -0.15) is 16.5 Å². The van der Waals surface area contributed by atoms with E-state index in [4.69, 9.17) is 4.74 Å². The van der Waals surface area contributed by atoms with E-state index in [1.54, 1.807) is 29.6 Å². The Kier molecular flexibility index (Phi) is 7.06. The van der Waals surface area contributed by atoms with Crippen LogP contribution in [0.2, 0.25) is 0 Å². The number of ether oxygens (including phenoxy) is 1. The summed E-state index contributed by atoms with van der Waals surface area (Å²) in [5.41, 5.74) is 0.216. The first kappa shape index (κ1) is 21.5. The van der Waals surface area contributed by atoms with E-state index in [-0.39, 0.29) is 29.3 Å². The Morgan fingerprint density at radius 3 is 2.79 bits per heavy atom. The van der Waals surface area contributed by atoms with Crippen molar-refractivity contribution in [3.63, 3.8) is 0 Å². The van der Waals surface area contributed by atoms with Crippen LogP contribution in [0.5, 0.6) is 0 Å². The number of carbonyl (C=O) groups excluding carboxylic acids is 1. The van der Waals surface area contributed by atoms with Crippen molar-refractivity contribution in [2.75, 3.05) is 12.0 Å². The van der Waals surface area contributed by atoms with Crippen molar-refractivity contribution in [1.82, 2.24) is 14.7 Å². The fourth-order valence-electron chi connectivity index (χ4n) is 2.55. The molecule has 1 aromatic carbocycles. The number of thioether (sulfide) groups is 1. The Bertz CT molecular complexity index is 1140. The molecule has 0 aliphatic carbocycles. The molecule has 2 N–H and O–H groups in total. The van der Waals surface area contributed by atoms with Crippen LogP contribution in [0.3, 0.4) is 0 Å². The maximum Gasteiger partial charge on any atom is 0.324 e. The lowest BCUT2D eigenvalue weighted by molar-refractivity contribution is -0.147. The van der Waals surface area contributed by atoms with E-state index in [1.807, 2.05) is 6.26 Å². The lowest BCUT2D eigenvalue weighted by atomic mass is 10.2. The predicted octanol–water partition coefficient (Wildman–Crippen LogP) is 2.13. The van der Waals surface area contributed by atoms with Gasteiger partial charge in [0.15, 0.2) is 0 Å². The summed E-state index contributed by atoms with van der Waals surface area (Å²) in [6.45, 7) is -0.261. The fraction of sp³-hybridized carbons (Fsp3) is 0.278. The molecule has 0 saturated heterocycles. The predicted molar refractivity (Wildman–Crippen MR) is 114 cm³/mol. The highest BCUT2D eigenvalue weighted by molar-refractivity contribution is 7.98. The molecule has 11 heteroatoms. The van der Waals surface area contributed by atoms with Crippen LogP contribution < -0.4 is 10.3 Å². The first-order valence-electron chi connectivity index (χ1n) is 8.60. The average Bonchev–Trinajstić information content (AvgIpc) is 3.19. The molecular weight excluding hydrogens is 434 g/mol. The molecule has 2 aromatic heterocycles. The van der Waals surface area contributed by atoms with Crippen LogP contribution in [-0.2, 0) is 26.2 Å². The van der Waals surface area contributed by atoms with Crippen LogP contribution in [0, 0.1) is 0 Å². The Hall–Kier alpha value is -2.21. The minimum atomic E-state index is -3.88. The molecule has 1 atom stereocenters. The van der Waals surface area contributed by atoms with Gasteiger partial charge in [0.1, 0.15) is 23.2 Å². The lowest BCUT2D eigenvalue weighted by Crippen LogP contribution is -2.42. The number of esters is 1. The van der Waals surface area contributed by atoms with Gasteiger partial charge in [0.05, 0.1) is 10.4 Å². The van der Waals surface area contributed by atoms with Gasteiger partial charge in [-0.25, -0.2) is 13.4 Å². The first-order chi connectivity index (χ1) is 13.9. The van der Waals surface area contributed by atoms with Crippen molar-refractivity contribution in [3.05, 3.63) is 58.0 Å². The van der Waals surface area contributed by atoms with E-state index < -0.39 is 22.0 Å². The summed E-state index contributed by atoms with van der Waals surface area (Å²) < 4.78 is 33.3. The molecule has 3 rings (SSSR count). The number of H-pyrrole nitrogens is 1. The molecule has 0 unspecified atom stereocenters. The van der Waals surface area contributed by atoms with Crippen LogP contribution in [0.4, 0.5) is 0 Å². The summed E-state index contributed by atoms with van der Waals surface area (Å²) in [4.78, 5) is 31.4. The zero-order valence-electron chi connectivity index (χ0n) is 15.5. The van der Waals surface area contributed by atoms with E-state index in [0.29, 0.717) is 16.0 Å². The zero-order chi connectivity index (χ0) is 20.9. The molecule has 0 fully saturated rings. The Labute approximate surface area is 175 Å². The number of sulfonamides is 1. The molecule has 0 saturated carbocycles. The minimum absolute atomic E-state index is 0.0656. The molecule has 0 spiro atoms. The van der Waals surface area contributed by atoms with Crippen LogP contribution in [-0.4, -0.2) is 42.4 Å². The first-order valence-corrected chi connectivity index (χ1v) is 12.4. The van der Waals surface area contributed by atoms with Crippen molar-refractivity contribution >= 4 is 49.3 Å². The maximum atomic E-state index is 12.6. The number of hydrogen-bond acceptors (Lipinski definition) is 8. The number of carbonyl (C=O) groups is 1. The highest BCUT2D eigenvalue weighted by Gasteiger charge is 2.27. The fourth-order valence-corrected chi connectivity index (χ4v) is 4.98. The molecule has 3 aromatic rings. The number of hydrogen-bond donors (Lipinski definition) is 2. The number of rotatable bonds is 9. The Balaban J connectivity index is 1.72. The summed E-state index contributed by atoms with van der Waals surface area (Å²) in [6, 6.07) is 8.46. The van der Waals surface area contributed by atoms with Gasteiger partial charge < -0.3 is 9.72 Å². The van der Waals surface area contributed by atoms with E-state index in [9.17, 15) is 18.0 Å². The van der Waals surface area contributed by atoms with E-state index >= 15 is 0 Å². The van der Waals surface area contributed by atoms with Crippen LogP contribution in [0.15, 0.2) is 51.5 Å². The van der Waals surface area contributed by atoms with E-state index in [2.05, 4.69) is 14.7 Å². The number of nitrogens with one attached hydrogen (secondary N) is 2. The highest BCUT2D eigenvalue weighted by atomic mass is 32.2. The molecule has 29 heavy (non-hydrogen) atoms. The van der Waals surface area contributed by atoms with Crippen LogP contribution in [0.1, 0.15) is 12.2 Å². The highest BCUT2D eigenvalue weighted by Crippen LogP contribution is 2.15. The van der Waals surface area contributed by atoms with Gasteiger partial charge in [-0.15, -0.1) is 11.3 Å². The Morgan fingerprint density at radius 1 is 1.31 bits per heavy atom.